The van der Waals surface area contributed by atoms with Crippen molar-refractivity contribution < 1.29 is 18.6 Å². The number of aliphatic hydroxyl groups is 1. The molecule has 19 heavy (non-hydrogen) atoms. The van der Waals surface area contributed by atoms with Crippen LogP contribution in [-0.4, -0.2) is 30.4 Å². The van der Waals surface area contributed by atoms with E-state index in [1.54, 1.807) is 31.2 Å². The van der Waals surface area contributed by atoms with E-state index < -0.39 is 6.61 Å². The average Bonchev–Trinajstić information content (AvgIpc) is 2.35. The van der Waals surface area contributed by atoms with Crippen LogP contribution in [0, 0.1) is 0 Å². The third-order valence-electron chi connectivity index (χ3n) is 2.78. The Balaban J connectivity index is 2.33. The first-order valence-corrected chi connectivity index (χ1v) is 6.42. The van der Waals surface area contributed by atoms with Crippen molar-refractivity contribution in [3.05, 3.63) is 29.8 Å². The van der Waals surface area contributed by atoms with Gasteiger partial charge in [0.1, 0.15) is 5.75 Å². The monoisotopic (exact) mass is 273 g/mol. The normalized spacial score (nSPS) is 14.4. The summed E-state index contributed by atoms with van der Waals surface area (Å²) in [7, 11) is 0. The highest BCUT2D eigenvalue weighted by molar-refractivity contribution is 5.27. The van der Waals surface area contributed by atoms with Gasteiger partial charge in [-0.25, -0.2) is 0 Å². The van der Waals surface area contributed by atoms with Crippen molar-refractivity contribution in [2.45, 2.75) is 45.4 Å². The number of aryl methyl sites for hydroxylation is 1. The predicted octanol–water partition coefficient (Wildman–Crippen LogP) is 2.58. The minimum Gasteiger partial charge on any atom is -0.435 e. The van der Waals surface area contributed by atoms with E-state index >= 15 is 0 Å². The highest BCUT2D eigenvalue weighted by Gasteiger charge is 2.06. The van der Waals surface area contributed by atoms with Crippen LogP contribution < -0.4 is 10.1 Å². The molecule has 1 aromatic rings. The Labute approximate surface area is 112 Å². The quantitative estimate of drug-likeness (QED) is 0.765. The van der Waals surface area contributed by atoms with Crippen LogP contribution in [0.1, 0.15) is 25.8 Å². The molecule has 0 spiro atoms. The fraction of sp³-hybridized carbons (Fsp3) is 0.571. The summed E-state index contributed by atoms with van der Waals surface area (Å²) in [5, 5.41) is 12.4. The summed E-state index contributed by atoms with van der Waals surface area (Å²) in [6.45, 7) is 1.58. The lowest BCUT2D eigenvalue weighted by Crippen LogP contribution is -2.32. The fourth-order valence-electron chi connectivity index (χ4n) is 1.69. The molecular formula is C14H21F2NO2. The van der Waals surface area contributed by atoms with Gasteiger partial charge in [-0.2, -0.15) is 8.78 Å². The van der Waals surface area contributed by atoms with Gasteiger partial charge in [-0.1, -0.05) is 12.1 Å². The van der Waals surface area contributed by atoms with Crippen molar-refractivity contribution in [3.63, 3.8) is 0 Å². The third kappa shape index (κ3) is 7.08. The number of aliphatic hydroxyl groups excluding tert-OH is 1. The maximum absolute atomic E-state index is 12.0. The van der Waals surface area contributed by atoms with Gasteiger partial charge in [0.2, 0.25) is 0 Å². The molecule has 0 aliphatic heterocycles. The van der Waals surface area contributed by atoms with Crippen LogP contribution >= 0.6 is 0 Å². The van der Waals surface area contributed by atoms with E-state index in [1.807, 2.05) is 0 Å². The summed E-state index contributed by atoms with van der Waals surface area (Å²) < 4.78 is 28.2. The Bertz CT molecular complexity index is 355. The first kappa shape index (κ1) is 15.9. The summed E-state index contributed by atoms with van der Waals surface area (Å²) in [6.07, 6.45) is 1.42. The van der Waals surface area contributed by atoms with Gasteiger partial charge in [-0.3, -0.25) is 0 Å². The van der Waals surface area contributed by atoms with E-state index in [1.165, 1.54) is 0 Å². The standard InChI is InChI=1S/C14H21F2NO2/c1-10(17-9-11(2)18)3-4-12-5-7-13(8-6-12)19-14(15)16/h5-8,10-11,14,17-18H,3-4,9H2,1-2H3. The SMILES string of the molecule is CC(O)CNC(C)CCc1ccc(OC(F)F)cc1. The van der Waals surface area contributed by atoms with E-state index in [0.717, 1.165) is 18.4 Å². The van der Waals surface area contributed by atoms with Gasteiger partial charge in [0.15, 0.2) is 0 Å². The lowest BCUT2D eigenvalue weighted by atomic mass is 10.1. The molecule has 108 valence electrons. The second-order valence-electron chi connectivity index (χ2n) is 4.72. The van der Waals surface area contributed by atoms with Gasteiger partial charge in [0.05, 0.1) is 6.10 Å². The van der Waals surface area contributed by atoms with Crippen LogP contribution in [0.4, 0.5) is 8.78 Å². The lowest BCUT2D eigenvalue weighted by molar-refractivity contribution is -0.0498. The zero-order valence-corrected chi connectivity index (χ0v) is 11.3. The fourth-order valence-corrected chi connectivity index (χ4v) is 1.69. The van der Waals surface area contributed by atoms with Gasteiger partial charge >= 0.3 is 6.61 Å². The van der Waals surface area contributed by atoms with Crippen LogP contribution in [0.2, 0.25) is 0 Å². The number of ether oxygens (including phenoxy) is 1. The average molecular weight is 273 g/mol. The molecule has 0 fully saturated rings. The molecule has 1 rings (SSSR count). The molecule has 0 amide bonds. The smallest absolute Gasteiger partial charge is 0.387 e. The van der Waals surface area contributed by atoms with Crippen molar-refractivity contribution in [1.29, 1.82) is 0 Å². The van der Waals surface area contributed by atoms with Gasteiger partial charge in [0, 0.05) is 12.6 Å². The van der Waals surface area contributed by atoms with Crippen molar-refractivity contribution in [2.75, 3.05) is 6.54 Å². The largest absolute Gasteiger partial charge is 0.435 e. The number of alkyl halides is 2. The van der Waals surface area contributed by atoms with Gasteiger partial charge in [-0.05, 0) is 44.4 Å². The first-order valence-electron chi connectivity index (χ1n) is 6.42. The van der Waals surface area contributed by atoms with Crippen LogP contribution in [0.3, 0.4) is 0 Å². The molecule has 0 bridgehead atoms. The Morgan fingerprint density at radius 1 is 1.21 bits per heavy atom. The summed E-state index contributed by atoms with van der Waals surface area (Å²) in [6, 6.07) is 6.98. The molecule has 5 heteroatoms. The van der Waals surface area contributed by atoms with Crippen LogP contribution in [0.5, 0.6) is 5.75 Å². The number of nitrogens with one attached hydrogen (secondary N) is 1. The minimum atomic E-state index is -2.78. The van der Waals surface area contributed by atoms with E-state index in [0.29, 0.717) is 12.6 Å². The number of hydrogen-bond acceptors (Lipinski definition) is 3. The number of rotatable bonds is 8. The van der Waals surface area contributed by atoms with Gasteiger partial charge in [-0.15, -0.1) is 0 Å². The molecule has 0 heterocycles. The highest BCUT2D eigenvalue weighted by atomic mass is 19.3. The summed E-state index contributed by atoms with van der Waals surface area (Å²) in [5.41, 5.74) is 1.08. The van der Waals surface area contributed by atoms with E-state index in [4.69, 9.17) is 5.11 Å². The lowest BCUT2D eigenvalue weighted by Gasteiger charge is -2.15. The van der Waals surface area contributed by atoms with Gasteiger partial charge in [0.25, 0.3) is 0 Å². The Kier molecular flexibility index (Phi) is 6.73. The van der Waals surface area contributed by atoms with Crippen molar-refractivity contribution in [3.8, 4) is 5.75 Å². The van der Waals surface area contributed by atoms with Crippen LogP contribution in [0.15, 0.2) is 24.3 Å². The zero-order valence-electron chi connectivity index (χ0n) is 11.3. The molecule has 0 saturated carbocycles. The summed E-state index contributed by atoms with van der Waals surface area (Å²) in [5.74, 6) is 0.180. The topological polar surface area (TPSA) is 41.5 Å². The molecule has 2 atom stereocenters. The van der Waals surface area contributed by atoms with Gasteiger partial charge < -0.3 is 15.2 Å². The van der Waals surface area contributed by atoms with E-state index in [9.17, 15) is 8.78 Å². The Morgan fingerprint density at radius 3 is 2.37 bits per heavy atom. The highest BCUT2D eigenvalue weighted by Crippen LogP contribution is 2.16. The maximum Gasteiger partial charge on any atom is 0.387 e. The second-order valence-corrected chi connectivity index (χ2v) is 4.72. The molecule has 2 unspecified atom stereocenters. The summed E-state index contributed by atoms with van der Waals surface area (Å²) >= 11 is 0. The van der Waals surface area contributed by atoms with E-state index in [2.05, 4.69) is 17.0 Å². The molecule has 0 aromatic heterocycles. The van der Waals surface area contributed by atoms with E-state index in [-0.39, 0.29) is 11.9 Å². The molecule has 0 aliphatic carbocycles. The van der Waals surface area contributed by atoms with Crippen molar-refractivity contribution >= 4 is 0 Å². The van der Waals surface area contributed by atoms with Crippen LogP contribution in [-0.2, 0) is 6.42 Å². The van der Waals surface area contributed by atoms with Crippen LogP contribution in [0.25, 0.3) is 0 Å². The summed E-state index contributed by atoms with van der Waals surface area (Å²) in [4.78, 5) is 0. The Hall–Kier alpha value is -1.20. The predicted molar refractivity (Wildman–Crippen MR) is 70.5 cm³/mol. The third-order valence-corrected chi connectivity index (χ3v) is 2.78. The maximum atomic E-state index is 12.0. The number of halogens is 2. The molecule has 0 aliphatic rings. The second kappa shape index (κ2) is 8.07. The molecule has 1 aromatic carbocycles. The molecule has 0 radical (unpaired) electrons. The minimum absolute atomic E-state index is 0.180. The zero-order chi connectivity index (χ0) is 14.3. The molecule has 3 nitrogen and oxygen atoms in total. The van der Waals surface area contributed by atoms with Crippen molar-refractivity contribution in [1.82, 2.24) is 5.32 Å². The number of hydrogen-bond donors (Lipinski definition) is 2. The first-order chi connectivity index (χ1) is 8.97. The number of benzene rings is 1. The molecular weight excluding hydrogens is 252 g/mol. The van der Waals surface area contributed by atoms with Crippen molar-refractivity contribution in [2.24, 2.45) is 0 Å². The Morgan fingerprint density at radius 2 is 1.84 bits per heavy atom. The molecule has 2 N–H and O–H groups in total. The molecule has 0 saturated heterocycles.